The second-order valence-electron chi connectivity index (χ2n) is 5.38. The molecule has 0 N–H and O–H groups in total. The Morgan fingerprint density at radius 1 is 0.833 bits per heavy atom. The summed E-state index contributed by atoms with van der Waals surface area (Å²) < 4.78 is 0. The molecule has 0 saturated heterocycles. The maximum Gasteiger partial charge on any atom is 0.0231 e. The van der Waals surface area contributed by atoms with E-state index in [0.29, 0.717) is 0 Å². The van der Waals surface area contributed by atoms with Crippen LogP contribution in [0.1, 0.15) is 59.6 Å². The average Bonchev–Trinajstić information content (AvgIpc) is 2.63. The number of aryl methyl sites for hydroxylation is 1. The highest BCUT2D eigenvalue weighted by Gasteiger charge is 2.01. The normalized spacial score (nSPS) is 9.67. The van der Waals surface area contributed by atoms with E-state index in [1.54, 1.807) is 0 Å². The van der Waals surface area contributed by atoms with Gasteiger partial charge in [0.2, 0.25) is 0 Å². The van der Waals surface area contributed by atoms with Crippen molar-refractivity contribution in [3.8, 4) is 0 Å². The Morgan fingerprint density at radius 2 is 1.33 bits per heavy atom. The Labute approximate surface area is 153 Å². The van der Waals surface area contributed by atoms with Crippen LogP contribution in [0.3, 0.4) is 0 Å². The highest BCUT2D eigenvalue weighted by Crippen LogP contribution is 2.08. The van der Waals surface area contributed by atoms with Crippen molar-refractivity contribution < 1.29 is 0 Å². The van der Waals surface area contributed by atoms with Crippen LogP contribution in [0.2, 0.25) is 0 Å². The minimum atomic E-state index is 1.04. The highest BCUT2D eigenvalue weighted by molar-refractivity contribution is 5.23. The van der Waals surface area contributed by atoms with E-state index < -0.39 is 0 Å². The molecule has 0 fully saturated rings. The van der Waals surface area contributed by atoms with Crippen molar-refractivity contribution in [2.24, 2.45) is 0 Å². The first-order valence-corrected chi connectivity index (χ1v) is 9.51. The van der Waals surface area contributed by atoms with E-state index in [4.69, 9.17) is 0 Å². The molecule has 0 atom stereocenters. The molecule has 0 aliphatic rings. The predicted octanol–water partition coefficient (Wildman–Crippen LogP) is 5.88. The third-order valence-electron chi connectivity index (χ3n) is 3.11. The van der Waals surface area contributed by atoms with Crippen molar-refractivity contribution in [1.82, 2.24) is 9.80 Å². The first kappa shape index (κ1) is 27.7. The zero-order chi connectivity index (χ0) is 19.4. The van der Waals surface area contributed by atoms with Gasteiger partial charge in [-0.25, -0.2) is 0 Å². The van der Waals surface area contributed by atoms with Crippen molar-refractivity contribution in [2.45, 2.75) is 61.4 Å². The van der Waals surface area contributed by atoms with E-state index in [-0.39, 0.29) is 0 Å². The van der Waals surface area contributed by atoms with Crippen LogP contribution in [0.15, 0.2) is 36.4 Å². The molecule has 0 heterocycles. The monoisotopic (exact) mass is 336 g/mol. The van der Waals surface area contributed by atoms with Crippen molar-refractivity contribution in [2.75, 3.05) is 34.2 Å². The minimum absolute atomic E-state index is 1.04. The molecular weight excluding hydrogens is 292 g/mol. The average molecular weight is 337 g/mol. The fourth-order valence-electron chi connectivity index (χ4n) is 1.71. The molecule has 0 bridgehead atoms. The van der Waals surface area contributed by atoms with Crippen LogP contribution in [0.25, 0.3) is 0 Å². The molecule has 2 nitrogen and oxygen atoms in total. The summed E-state index contributed by atoms with van der Waals surface area (Å²) in [6.07, 6.45) is 5.12. The molecule has 2 heteroatoms. The molecule has 0 unspecified atom stereocenters. The third kappa shape index (κ3) is 18.9. The Bertz CT molecular complexity index is 366. The quantitative estimate of drug-likeness (QED) is 0.599. The molecule has 1 aromatic rings. The van der Waals surface area contributed by atoms with Gasteiger partial charge in [-0.1, -0.05) is 71.0 Å². The van der Waals surface area contributed by atoms with Crippen molar-refractivity contribution in [3.05, 3.63) is 47.5 Å². The molecule has 0 radical (unpaired) electrons. The maximum absolute atomic E-state index is 2.37. The summed E-state index contributed by atoms with van der Waals surface area (Å²) in [5.74, 6) is 0. The number of likely N-dealkylation sites (N-methyl/N-ethyl adjacent to an activating group) is 2. The lowest BCUT2D eigenvalue weighted by atomic mass is 10.1. The van der Waals surface area contributed by atoms with Crippen LogP contribution >= 0.6 is 0 Å². The Morgan fingerprint density at radius 3 is 1.75 bits per heavy atom. The number of hydrogen-bond donors (Lipinski definition) is 0. The smallest absolute Gasteiger partial charge is 0.0231 e. The summed E-state index contributed by atoms with van der Waals surface area (Å²) in [7, 11) is 6.42. The lowest BCUT2D eigenvalue weighted by Crippen LogP contribution is -2.28. The van der Waals surface area contributed by atoms with E-state index in [2.05, 4.69) is 62.1 Å². The van der Waals surface area contributed by atoms with Crippen molar-refractivity contribution in [1.29, 1.82) is 0 Å². The van der Waals surface area contributed by atoms with Crippen LogP contribution in [0, 0.1) is 0 Å². The van der Waals surface area contributed by atoms with E-state index >= 15 is 0 Å². The van der Waals surface area contributed by atoms with E-state index in [1.165, 1.54) is 11.1 Å². The van der Waals surface area contributed by atoms with Crippen LogP contribution in [0.4, 0.5) is 0 Å². The SMILES string of the molecule is C/C=C/C.CC.CC.CCc1cccc(CN(C)CCN(C)C)c1. The van der Waals surface area contributed by atoms with Gasteiger partial charge in [-0.3, -0.25) is 0 Å². The second kappa shape index (κ2) is 21.9. The van der Waals surface area contributed by atoms with Gasteiger partial charge in [-0.2, -0.15) is 0 Å². The number of hydrogen-bond acceptors (Lipinski definition) is 2. The lowest BCUT2D eigenvalue weighted by molar-refractivity contribution is 0.276. The number of nitrogens with zero attached hydrogens (tertiary/aromatic N) is 2. The van der Waals surface area contributed by atoms with Gasteiger partial charge in [0.25, 0.3) is 0 Å². The molecule has 0 amide bonds. The lowest BCUT2D eigenvalue weighted by Gasteiger charge is -2.19. The molecule has 0 spiro atoms. The molecule has 0 aromatic heterocycles. The summed E-state index contributed by atoms with van der Waals surface area (Å²) in [5.41, 5.74) is 2.85. The molecule has 0 saturated carbocycles. The number of allylic oxidation sites excluding steroid dienone is 2. The molecule has 0 aliphatic carbocycles. The zero-order valence-electron chi connectivity index (χ0n) is 18.2. The number of rotatable bonds is 6. The molecule has 142 valence electrons. The van der Waals surface area contributed by atoms with Gasteiger partial charge >= 0.3 is 0 Å². The van der Waals surface area contributed by atoms with E-state index in [1.807, 2.05) is 53.7 Å². The summed E-state index contributed by atoms with van der Waals surface area (Å²) in [4.78, 5) is 4.59. The Hall–Kier alpha value is -1.12. The fraction of sp³-hybridized carbons (Fsp3) is 0.636. The van der Waals surface area contributed by atoms with Gasteiger partial charge in [0.1, 0.15) is 0 Å². The summed E-state index contributed by atoms with van der Waals surface area (Å²) in [5, 5.41) is 0. The van der Waals surface area contributed by atoms with Crippen LogP contribution < -0.4 is 0 Å². The van der Waals surface area contributed by atoms with Gasteiger partial charge < -0.3 is 9.80 Å². The van der Waals surface area contributed by atoms with Crippen molar-refractivity contribution in [3.63, 3.8) is 0 Å². The summed E-state index contributed by atoms with van der Waals surface area (Å²) in [6, 6.07) is 8.88. The zero-order valence-corrected chi connectivity index (χ0v) is 18.2. The Balaban J connectivity index is -0.000000471. The second-order valence-corrected chi connectivity index (χ2v) is 5.38. The van der Waals surface area contributed by atoms with Gasteiger partial charge in [0.15, 0.2) is 0 Å². The first-order chi connectivity index (χ1) is 11.5. The van der Waals surface area contributed by atoms with Gasteiger partial charge in [0.05, 0.1) is 0 Å². The standard InChI is InChI=1S/C14H24N2.C4H8.2C2H6/c1-5-13-7-6-8-14(11-13)12-16(4)10-9-15(2)3;1-3-4-2;2*1-2/h6-8,11H,5,9-10,12H2,1-4H3;3-4H,1-2H3;2*1-2H3/b;4-3+;;. The summed E-state index contributed by atoms with van der Waals surface area (Å²) in [6.45, 7) is 17.5. The maximum atomic E-state index is 2.37. The summed E-state index contributed by atoms with van der Waals surface area (Å²) >= 11 is 0. The van der Waals surface area contributed by atoms with Gasteiger partial charge in [0, 0.05) is 19.6 Å². The fourth-order valence-corrected chi connectivity index (χ4v) is 1.71. The predicted molar refractivity (Wildman–Crippen MR) is 114 cm³/mol. The van der Waals surface area contributed by atoms with Gasteiger partial charge in [-0.15, -0.1) is 0 Å². The number of benzene rings is 1. The topological polar surface area (TPSA) is 6.48 Å². The third-order valence-corrected chi connectivity index (χ3v) is 3.11. The van der Waals surface area contributed by atoms with Crippen molar-refractivity contribution >= 4 is 0 Å². The largest absolute Gasteiger partial charge is 0.308 e. The molecule has 1 aromatic carbocycles. The molecule has 24 heavy (non-hydrogen) atoms. The van der Waals surface area contributed by atoms with Crippen LogP contribution in [0.5, 0.6) is 0 Å². The molecule has 1 rings (SSSR count). The van der Waals surface area contributed by atoms with E-state index in [9.17, 15) is 0 Å². The van der Waals surface area contributed by atoms with Gasteiger partial charge in [-0.05, 0) is 52.5 Å². The van der Waals surface area contributed by atoms with E-state index in [0.717, 1.165) is 26.1 Å². The van der Waals surface area contributed by atoms with Crippen LogP contribution in [-0.4, -0.2) is 44.0 Å². The Kier molecular flexibility index (Phi) is 25.3. The molecular formula is C22H44N2. The molecule has 0 aliphatic heterocycles. The minimum Gasteiger partial charge on any atom is -0.308 e. The van der Waals surface area contributed by atoms with Crippen LogP contribution in [-0.2, 0) is 13.0 Å². The highest BCUT2D eigenvalue weighted by atomic mass is 15.1. The first-order valence-electron chi connectivity index (χ1n) is 9.51.